The Morgan fingerprint density at radius 1 is 1.09 bits per heavy atom. The predicted octanol–water partition coefficient (Wildman–Crippen LogP) is -0.375. The highest BCUT2D eigenvalue weighted by Gasteiger charge is 2.25. The summed E-state index contributed by atoms with van der Waals surface area (Å²) in [5, 5.41) is 8.78. The lowest BCUT2D eigenvalue weighted by Gasteiger charge is -2.33. The molecule has 2 heterocycles. The van der Waals surface area contributed by atoms with Gasteiger partial charge in [-0.15, -0.1) is 0 Å². The standard InChI is InChI=1S/C15H26N2O5/c18-8-11-22-13-2-1-5-17(12-13)15(20)4-3-14(19)16-6-9-21-10-7-16/h13,18H,1-12H2. The molecule has 22 heavy (non-hydrogen) atoms. The van der Waals surface area contributed by atoms with Gasteiger partial charge in [-0.3, -0.25) is 9.59 Å². The van der Waals surface area contributed by atoms with Gasteiger partial charge in [-0.1, -0.05) is 0 Å². The third kappa shape index (κ3) is 5.23. The summed E-state index contributed by atoms with van der Waals surface area (Å²) in [7, 11) is 0. The Morgan fingerprint density at radius 2 is 1.77 bits per heavy atom. The molecular formula is C15H26N2O5. The first-order valence-corrected chi connectivity index (χ1v) is 8.06. The van der Waals surface area contributed by atoms with Gasteiger partial charge in [-0.25, -0.2) is 0 Å². The molecule has 0 saturated carbocycles. The number of morpholine rings is 1. The van der Waals surface area contributed by atoms with Gasteiger partial charge < -0.3 is 24.4 Å². The number of rotatable bonds is 6. The van der Waals surface area contributed by atoms with E-state index in [1.165, 1.54) is 0 Å². The van der Waals surface area contributed by atoms with E-state index in [9.17, 15) is 9.59 Å². The van der Waals surface area contributed by atoms with Crippen LogP contribution in [0.5, 0.6) is 0 Å². The molecule has 2 aliphatic rings. The van der Waals surface area contributed by atoms with E-state index in [2.05, 4.69) is 0 Å². The van der Waals surface area contributed by atoms with Crippen LogP contribution in [0, 0.1) is 0 Å². The maximum atomic E-state index is 12.2. The van der Waals surface area contributed by atoms with Gasteiger partial charge in [0.1, 0.15) is 0 Å². The van der Waals surface area contributed by atoms with Gasteiger partial charge in [0.15, 0.2) is 0 Å². The molecule has 2 rings (SSSR count). The maximum absolute atomic E-state index is 12.2. The van der Waals surface area contributed by atoms with Gasteiger partial charge in [0.05, 0.1) is 32.5 Å². The van der Waals surface area contributed by atoms with Crippen LogP contribution in [0.3, 0.4) is 0 Å². The fourth-order valence-corrected chi connectivity index (χ4v) is 2.86. The minimum absolute atomic E-state index is 0.000190. The van der Waals surface area contributed by atoms with E-state index in [4.69, 9.17) is 14.6 Å². The average Bonchev–Trinajstić information content (AvgIpc) is 2.58. The number of likely N-dealkylation sites (tertiary alicyclic amines) is 1. The Balaban J connectivity index is 1.70. The average molecular weight is 314 g/mol. The number of nitrogens with zero attached hydrogens (tertiary/aromatic N) is 2. The summed E-state index contributed by atoms with van der Waals surface area (Å²) in [6.07, 6.45) is 2.33. The number of piperidine rings is 1. The molecule has 0 spiro atoms. The van der Waals surface area contributed by atoms with E-state index in [0.717, 1.165) is 19.4 Å². The van der Waals surface area contributed by atoms with E-state index in [1.54, 1.807) is 9.80 Å². The molecule has 2 aliphatic heterocycles. The Bertz CT molecular complexity index is 371. The molecule has 7 heteroatoms. The molecule has 1 unspecified atom stereocenters. The summed E-state index contributed by atoms with van der Waals surface area (Å²) in [6, 6.07) is 0. The van der Waals surface area contributed by atoms with Crippen molar-refractivity contribution in [1.82, 2.24) is 9.80 Å². The Hall–Kier alpha value is -1.18. The molecule has 2 saturated heterocycles. The van der Waals surface area contributed by atoms with Gasteiger partial charge in [0, 0.05) is 39.0 Å². The smallest absolute Gasteiger partial charge is 0.223 e. The zero-order valence-corrected chi connectivity index (χ0v) is 13.0. The molecule has 0 aliphatic carbocycles. The second-order valence-corrected chi connectivity index (χ2v) is 5.69. The highest BCUT2D eigenvalue weighted by Crippen LogP contribution is 2.15. The molecule has 0 aromatic carbocycles. The summed E-state index contributed by atoms with van der Waals surface area (Å²) in [5.74, 6) is 0.0423. The SMILES string of the molecule is O=C(CCC(=O)N1CCCC(OCCO)C1)N1CCOCC1. The summed E-state index contributed by atoms with van der Waals surface area (Å²) in [6.45, 7) is 3.99. The Labute approximate surface area is 131 Å². The molecule has 0 aromatic heterocycles. The topological polar surface area (TPSA) is 79.3 Å². The third-order valence-electron chi connectivity index (χ3n) is 4.09. The van der Waals surface area contributed by atoms with E-state index < -0.39 is 0 Å². The quantitative estimate of drug-likeness (QED) is 0.723. The molecule has 0 aromatic rings. The second-order valence-electron chi connectivity index (χ2n) is 5.69. The number of carbonyl (C=O) groups is 2. The van der Waals surface area contributed by atoms with Crippen LogP contribution in [0.2, 0.25) is 0 Å². The van der Waals surface area contributed by atoms with Crippen molar-refractivity contribution in [2.24, 2.45) is 0 Å². The zero-order valence-electron chi connectivity index (χ0n) is 13.0. The first-order valence-electron chi connectivity index (χ1n) is 8.06. The van der Waals surface area contributed by atoms with Crippen LogP contribution in [-0.4, -0.2) is 85.4 Å². The summed E-state index contributed by atoms with van der Waals surface area (Å²) in [5.41, 5.74) is 0. The third-order valence-corrected chi connectivity index (χ3v) is 4.09. The van der Waals surface area contributed by atoms with Crippen LogP contribution in [-0.2, 0) is 19.1 Å². The monoisotopic (exact) mass is 314 g/mol. The number of aliphatic hydroxyl groups is 1. The van der Waals surface area contributed by atoms with Gasteiger partial charge in [-0.05, 0) is 12.8 Å². The van der Waals surface area contributed by atoms with Crippen molar-refractivity contribution in [1.29, 1.82) is 0 Å². The van der Waals surface area contributed by atoms with Gasteiger partial charge in [0.2, 0.25) is 11.8 Å². The van der Waals surface area contributed by atoms with Crippen LogP contribution in [0.25, 0.3) is 0 Å². The normalized spacial score (nSPS) is 22.7. The lowest BCUT2D eigenvalue weighted by atomic mass is 10.1. The molecular weight excluding hydrogens is 288 g/mol. The fourth-order valence-electron chi connectivity index (χ4n) is 2.86. The van der Waals surface area contributed by atoms with Crippen LogP contribution < -0.4 is 0 Å². The summed E-state index contributed by atoms with van der Waals surface area (Å²) < 4.78 is 10.7. The minimum atomic E-state index is -0.00149. The molecule has 2 amide bonds. The lowest BCUT2D eigenvalue weighted by molar-refractivity contribution is -0.141. The van der Waals surface area contributed by atoms with E-state index in [-0.39, 0.29) is 37.4 Å². The number of aliphatic hydroxyl groups excluding tert-OH is 1. The van der Waals surface area contributed by atoms with Crippen molar-refractivity contribution in [3.8, 4) is 0 Å². The van der Waals surface area contributed by atoms with Crippen molar-refractivity contribution in [3.63, 3.8) is 0 Å². The van der Waals surface area contributed by atoms with Crippen molar-refractivity contribution in [2.75, 3.05) is 52.6 Å². The maximum Gasteiger partial charge on any atom is 0.223 e. The molecule has 7 nitrogen and oxygen atoms in total. The number of carbonyl (C=O) groups excluding carboxylic acids is 2. The summed E-state index contributed by atoms with van der Waals surface area (Å²) >= 11 is 0. The van der Waals surface area contributed by atoms with E-state index in [1.807, 2.05) is 0 Å². The Kier molecular flexibility index (Phi) is 7.08. The number of ether oxygens (including phenoxy) is 2. The molecule has 0 bridgehead atoms. The number of amides is 2. The molecule has 126 valence electrons. The van der Waals surface area contributed by atoms with E-state index >= 15 is 0 Å². The fraction of sp³-hybridized carbons (Fsp3) is 0.867. The van der Waals surface area contributed by atoms with Crippen LogP contribution in [0.4, 0.5) is 0 Å². The second kappa shape index (κ2) is 9.07. The van der Waals surface area contributed by atoms with Gasteiger partial charge >= 0.3 is 0 Å². The molecule has 1 atom stereocenters. The van der Waals surface area contributed by atoms with Crippen LogP contribution in [0.1, 0.15) is 25.7 Å². The lowest BCUT2D eigenvalue weighted by Crippen LogP contribution is -2.44. The van der Waals surface area contributed by atoms with Crippen molar-refractivity contribution in [3.05, 3.63) is 0 Å². The molecule has 1 N–H and O–H groups in total. The molecule has 0 radical (unpaired) electrons. The van der Waals surface area contributed by atoms with Crippen LogP contribution >= 0.6 is 0 Å². The predicted molar refractivity (Wildman–Crippen MR) is 79.3 cm³/mol. The Morgan fingerprint density at radius 3 is 2.45 bits per heavy atom. The van der Waals surface area contributed by atoms with E-state index in [0.29, 0.717) is 39.5 Å². The van der Waals surface area contributed by atoms with Crippen LogP contribution in [0.15, 0.2) is 0 Å². The highest BCUT2D eigenvalue weighted by molar-refractivity contribution is 5.84. The molecule has 2 fully saturated rings. The largest absolute Gasteiger partial charge is 0.394 e. The summed E-state index contributed by atoms with van der Waals surface area (Å²) in [4.78, 5) is 27.8. The first-order chi connectivity index (χ1) is 10.7. The highest BCUT2D eigenvalue weighted by atomic mass is 16.5. The first kappa shape index (κ1) is 17.2. The number of hydrogen-bond donors (Lipinski definition) is 1. The van der Waals surface area contributed by atoms with Crippen molar-refractivity contribution < 1.29 is 24.2 Å². The van der Waals surface area contributed by atoms with Crippen molar-refractivity contribution >= 4 is 11.8 Å². The van der Waals surface area contributed by atoms with Crippen molar-refractivity contribution in [2.45, 2.75) is 31.8 Å². The zero-order chi connectivity index (χ0) is 15.8. The minimum Gasteiger partial charge on any atom is -0.394 e. The van der Waals surface area contributed by atoms with Gasteiger partial charge in [-0.2, -0.15) is 0 Å². The number of hydrogen-bond acceptors (Lipinski definition) is 5. The van der Waals surface area contributed by atoms with Gasteiger partial charge in [0.25, 0.3) is 0 Å².